The van der Waals surface area contributed by atoms with Gasteiger partial charge in [-0.2, -0.15) is 0 Å². The summed E-state index contributed by atoms with van der Waals surface area (Å²) >= 11 is 0. The lowest BCUT2D eigenvalue weighted by Crippen LogP contribution is -3.00. The van der Waals surface area contributed by atoms with Crippen LogP contribution in [0.4, 0.5) is 0 Å². The quantitative estimate of drug-likeness (QED) is 0.0467. The minimum atomic E-state index is -0.214. The number of halogens is 2. The number of hydrogen-bond acceptors (Lipinski definition) is 1. The van der Waals surface area contributed by atoms with Crippen LogP contribution in [0.3, 0.4) is 0 Å². The normalized spacial score (nSPS) is 12.4. The molecule has 0 unspecified atom stereocenters. The summed E-state index contributed by atoms with van der Waals surface area (Å²) in [7, 11) is 0. The fourth-order valence-corrected chi connectivity index (χ4v) is 2.17. The number of unbranched alkanes of at least 4 members (excludes halogenated alkanes) is 1. The van der Waals surface area contributed by atoms with Crippen molar-refractivity contribution in [1.29, 1.82) is 0 Å². The highest BCUT2D eigenvalue weighted by Crippen LogP contribution is 2.09. The molecule has 9 N–H and O–H groups in total. The summed E-state index contributed by atoms with van der Waals surface area (Å²) in [5, 5.41) is 2.65. The van der Waals surface area contributed by atoms with Gasteiger partial charge in [-0.25, -0.2) is 5.32 Å². The van der Waals surface area contributed by atoms with Gasteiger partial charge in [0.25, 0.3) is 0 Å². The molecule has 0 fully saturated rings. The zero-order valence-corrected chi connectivity index (χ0v) is 19.5. The molecule has 29 heavy (non-hydrogen) atoms. The predicted octanol–water partition coefficient (Wildman–Crippen LogP) is -7.47. The molecule has 7 nitrogen and oxygen atoms in total. The first-order valence-corrected chi connectivity index (χ1v) is 9.50. The van der Waals surface area contributed by atoms with Crippen LogP contribution in [0.25, 0.3) is 0 Å². The van der Waals surface area contributed by atoms with Gasteiger partial charge in [-0.15, -0.1) is 0 Å². The Labute approximate surface area is 187 Å². The fraction of sp³-hybridized carbons (Fsp3) is 0.550. The number of amides is 1. The predicted molar refractivity (Wildman–Crippen MR) is 112 cm³/mol. The number of carbonyl (C=O) groups excluding carboxylic acids is 1. The van der Waals surface area contributed by atoms with Gasteiger partial charge < -0.3 is 24.8 Å². The molecule has 0 aromatic rings. The maximum atomic E-state index is 12.1. The van der Waals surface area contributed by atoms with Gasteiger partial charge in [-0.1, -0.05) is 36.8 Å². The molecule has 0 saturated carbocycles. The molecule has 0 rings (SSSR count). The minimum Gasteiger partial charge on any atom is -1.00 e. The van der Waals surface area contributed by atoms with E-state index >= 15 is 0 Å². The van der Waals surface area contributed by atoms with Crippen molar-refractivity contribution in [1.82, 2.24) is 5.32 Å². The van der Waals surface area contributed by atoms with Crippen molar-refractivity contribution < 1.29 is 39.6 Å². The zero-order chi connectivity index (χ0) is 20.7. The van der Waals surface area contributed by atoms with E-state index in [1.54, 1.807) is 13.0 Å². The zero-order valence-electron chi connectivity index (χ0n) is 18.0. The van der Waals surface area contributed by atoms with Crippen molar-refractivity contribution in [3.8, 4) is 0 Å². The second-order valence-corrected chi connectivity index (χ2v) is 6.95. The topological polar surface area (TPSA) is 135 Å². The fourth-order valence-electron chi connectivity index (χ4n) is 2.17. The largest absolute Gasteiger partial charge is 1.00 e. The number of guanidine groups is 2. The highest BCUT2D eigenvalue weighted by molar-refractivity contribution is 6.03. The number of nitrogens with two attached hydrogens (primary N) is 3. The highest BCUT2D eigenvalue weighted by Gasteiger charge is 2.09. The van der Waals surface area contributed by atoms with Crippen molar-refractivity contribution in [3.63, 3.8) is 0 Å². The molecule has 0 heterocycles. The van der Waals surface area contributed by atoms with E-state index in [1.165, 1.54) is 5.57 Å². The Morgan fingerprint density at radius 1 is 1.03 bits per heavy atom. The van der Waals surface area contributed by atoms with E-state index in [1.807, 2.05) is 6.08 Å². The molecular weight excluding hydrogens is 411 g/mol. The Bertz CT molecular complexity index is 604. The number of carbonyl (C=O) groups is 1. The standard InChI is InChI=1S/C20H36N6O.2ClH/c1-15(2)9-7-10-16(3)11-8-12-17(4)18(27)26-20(23)25-14-6-5-13-24-19(21)22;;/h8-9,11-12,16H,5-7,10,13-14H2,1-4H3,(H4,21,22,24)(H3,23,25,26,27);2*1H/b11-8+,17-12+;;/t16-;;/m1../s1. The summed E-state index contributed by atoms with van der Waals surface area (Å²) in [5.74, 6) is 0.728. The Kier molecular flexibility index (Phi) is 21.1. The number of rotatable bonds is 11. The SMILES string of the molecule is CC(C)=CCC[C@@H](C)/C=C/C=C(\C)C(=O)NC(N)=[NH+]CCCC[NH+]=C(N)N.[Cl-].[Cl-]. The molecule has 1 amide bonds. The molecule has 0 radical (unpaired) electrons. The Balaban J connectivity index is -0.00000338. The lowest BCUT2D eigenvalue weighted by Gasteiger charge is -2.03. The Morgan fingerprint density at radius 2 is 1.62 bits per heavy atom. The van der Waals surface area contributed by atoms with E-state index in [2.05, 4.69) is 48.2 Å². The molecule has 0 saturated heterocycles. The summed E-state index contributed by atoms with van der Waals surface area (Å²) in [6.07, 6.45) is 12.0. The first-order valence-electron chi connectivity index (χ1n) is 9.50. The summed E-state index contributed by atoms with van der Waals surface area (Å²) in [6.45, 7) is 9.51. The average Bonchev–Trinajstić information content (AvgIpc) is 2.57. The maximum absolute atomic E-state index is 12.1. The van der Waals surface area contributed by atoms with E-state index < -0.39 is 0 Å². The number of hydrogen-bond donors (Lipinski definition) is 6. The van der Waals surface area contributed by atoms with Crippen LogP contribution < -0.4 is 57.3 Å². The van der Waals surface area contributed by atoms with Gasteiger partial charge >= 0.3 is 17.8 Å². The van der Waals surface area contributed by atoms with Gasteiger partial charge in [0.2, 0.25) is 0 Å². The molecule has 0 spiro atoms. The molecule has 1 atom stereocenters. The van der Waals surface area contributed by atoms with Crippen LogP contribution in [-0.4, -0.2) is 30.9 Å². The van der Waals surface area contributed by atoms with Crippen molar-refractivity contribution in [2.75, 3.05) is 13.1 Å². The van der Waals surface area contributed by atoms with Crippen LogP contribution in [0.2, 0.25) is 0 Å². The smallest absolute Gasteiger partial charge is 0.348 e. The van der Waals surface area contributed by atoms with Gasteiger partial charge in [-0.05, 0) is 52.4 Å². The lowest BCUT2D eigenvalue weighted by atomic mass is 10.0. The van der Waals surface area contributed by atoms with E-state index in [9.17, 15) is 4.79 Å². The van der Waals surface area contributed by atoms with Crippen LogP contribution in [-0.2, 0) is 4.79 Å². The van der Waals surface area contributed by atoms with Crippen molar-refractivity contribution in [2.24, 2.45) is 23.1 Å². The van der Waals surface area contributed by atoms with Crippen LogP contribution in [0.5, 0.6) is 0 Å². The maximum Gasteiger partial charge on any atom is 0.348 e. The summed E-state index contributed by atoms with van der Waals surface area (Å²) in [5.41, 5.74) is 18.4. The minimum absolute atomic E-state index is 0. The molecule has 9 heteroatoms. The second kappa shape index (κ2) is 19.3. The van der Waals surface area contributed by atoms with Gasteiger partial charge in [0.15, 0.2) is 0 Å². The van der Waals surface area contributed by atoms with E-state index in [0.717, 1.165) is 25.7 Å². The van der Waals surface area contributed by atoms with Gasteiger partial charge in [0.05, 0.1) is 13.1 Å². The number of nitrogens with one attached hydrogen (secondary N) is 3. The van der Waals surface area contributed by atoms with Gasteiger partial charge in [0, 0.05) is 5.57 Å². The van der Waals surface area contributed by atoms with Crippen LogP contribution in [0.1, 0.15) is 53.4 Å². The molecule has 0 aliphatic rings. The summed E-state index contributed by atoms with van der Waals surface area (Å²) in [6, 6.07) is 0. The van der Waals surface area contributed by atoms with Crippen molar-refractivity contribution >= 4 is 17.8 Å². The number of allylic oxidation sites excluding steroid dienone is 5. The van der Waals surface area contributed by atoms with Gasteiger partial charge in [0.1, 0.15) is 0 Å². The first kappa shape index (κ1) is 31.7. The third kappa shape index (κ3) is 20.6. The molecular formula is C20H38Cl2N6O. The summed E-state index contributed by atoms with van der Waals surface area (Å²) in [4.78, 5) is 17.9. The first-order chi connectivity index (χ1) is 12.7. The Hall–Kier alpha value is -1.99. The van der Waals surface area contributed by atoms with Crippen LogP contribution >= 0.6 is 0 Å². The highest BCUT2D eigenvalue weighted by atomic mass is 35.5. The molecule has 0 aliphatic carbocycles. The van der Waals surface area contributed by atoms with E-state index in [-0.39, 0.29) is 42.6 Å². The Morgan fingerprint density at radius 3 is 2.17 bits per heavy atom. The molecule has 0 aliphatic heterocycles. The van der Waals surface area contributed by atoms with E-state index in [0.29, 0.717) is 24.6 Å². The average molecular weight is 449 g/mol. The molecule has 168 valence electrons. The van der Waals surface area contributed by atoms with Crippen LogP contribution in [0.15, 0.2) is 35.5 Å². The van der Waals surface area contributed by atoms with E-state index in [4.69, 9.17) is 17.2 Å². The lowest BCUT2D eigenvalue weighted by molar-refractivity contribution is -0.473. The second-order valence-electron chi connectivity index (χ2n) is 6.95. The third-order valence-electron chi connectivity index (χ3n) is 3.81. The molecule has 0 bridgehead atoms. The van der Waals surface area contributed by atoms with Crippen LogP contribution in [0, 0.1) is 5.92 Å². The van der Waals surface area contributed by atoms with Crippen molar-refractivity contribution in [2.45, 2.75) is 53.4 Å². The van der Waals surface area contributed by atoms with Crippen molar-refractivity contribution in [3.05, 3.63) is 35.5 Å². The monoisotopic (exact) mass is 448 g/mol. The molecule has 0 aromatic carbocycles. The summed E-state index contributed by atoms with van der Waals surface area (Å²) < 4.78 is 0. The van der Waals surface area contributed by atoms with Gasteiger partial charge in [-0.3, -0.25) is 32.0 Å². The molecule has 0 aromatic heterocycles. The third-order valence-corrected chi connectivity index (χ3v) is 3.81.